The number of alkyl halides is 3. The van der Waals surface area contributed by atoms with Crippen LogP contribution in [0.4, 0.5) is 13.2 Å². The molecule has 2 aromatic carbocycles. The summed E-state index contributed by atoms with van der Waals surface area (Å²) in [4.78, 5) is 11.9. The van der Waals surface area contributed by atoms with Gasteiger partial charge < -0.3 is 14.8 Å². The molecule has 1 amide bonds. The molecule has 1 aliphatic rings. The van der Waals surface area contributed by atoms with Crippen LogP contribution in [0.1, 0.15) is 21.5 Å². The molecule has 0 fully saturated rings. The van der Waals surface area contributed by atoms with Crippen molar-refractivity contribution in [2.75, 3.05) is 13.3 Å². The molecule has 0 aliphatic carbocycles. The summed E-state index contributed by atoms with van der Waals surface area (Å²) in [7, 11) is 0. The van der Waals surface area contributed by atoms with Crippen molar-refractivity contribution in [2.24, 2.45) is 0 Å². The standard InChI is InChI=1S/C17H14F3NO3/c18-17(19,20)13-4-2-12(3-5-13)16(22)21-8-7-11-1-6-14-15(9-11)24-10-23-14/h1-6,9H,7-8,10H2,(H,21,22). The van der Waals surface area contributed by atoms with Crippen molar-refractivity contribution in [3.05, 3.63) is 59.2 Å². The Bertz CT molecular complexity index is 742. The normalized spacial score (nSPS) is 13.0. The molecule has 0 bridgehead atoms. The highest BCUT2D eigenvalue weighted by Crippen LogP contribution is 2.32. The van der Waals surface area contributed by atoms with Crippen molar-refractivity contribution in [1.29, 1.82) is 0 Å². The third kappa shape index (κ3) is 3.61. The molecular formula is C17H14F3NO3. The van der Waals surface area contributed by atoms with Gasteiger partial charge in [-0.1, -0.05) is 6.07 Å². The van der Waals surface area contributed by atoms with Crippen molar-refractivity contribution in [3.63, 3.8) is 0 Å². The molecule has 1 heterocycles. The quantitative estimate of drug-likeness (QED) is 0.930. The molecule has 4 nitrogen and oxygen atoms in total. The first kappa shape index (κ1) is 16.2. The summed E-state index contributed by atoms with van der Waals surface area (Å²) in [6.07, 6.45) is -3.84. The number of benzene rings is 2. The first-order valence-electron chi connectivity index (χ1n) is 7.27. The van der Waals surface area contributed by atoms with E-state index in [1.54, 1.807) is 6.07 Å². The lowest BCUT2D eigenvalue weighted by atomic mass is 10.1. The third-order valence-corrected chi connectivity index (χ3v) is 3.61. The van der Waals surface area contributed by atoms with Gasteiger partial charge in [0.2, 0.25) is 6.79 Å². The zero-order valence-electron chi connectivity index (χ0n) is 12.5. The van der Waals surface area contributed by atoms with Gasteiger partial charge in [0.25, 0.3) is 5.91 Å². The Balaban J connectivity index is 1.54. The Morgan fingerprint density at radius 2 is 1.75 bits per heavy atom. The van der Waals surface area contributed by atoms with Gasteiger partial charge in [0.05, 0.1) is 5.56 Å². The van der Waals surface area contributed by atoms with E-state index in [9.17, 15) is 18.0 Å². The molecule has 0 radical (unpaired) electrons. The van der Waals surface area contributed by atoms with Gasteiger partial charge in [0.15, 0.2) is 11.5 Å². The Kier molecular flexibility index (Phi) is 4.33. The van der Waals surface area contributed by atoms with Crippen LogP contribution in [0.25, 0.3) is 0 Å². The second-order valence-corrected chi connectivity index (χ2v) is 5.27. The lowest BCUT2D eigenvalue weighted by molar-refractivity contribution is -0.137. The van der Waals surface area contributed by atoms with Crippen LogP contribution in [-0.2, 0) is 12.6 Å². The summed E-state index contributed by atoms with van der Waals surface area (Å²) in [6, 6.07) is 9.64. The molecule has 3 rings (SSSR count). The van der Waals surface area contributed by atoms with Crippen molar-refractivity contribution >= 4 is 5.91 Å². The van der Waals surface area contributed by atoms with Crippen molar-refractivity contribution in [2.45, 2.75) is 12.6 Å². The molecule has 0 atom stereocenters. The van der Waals surface area contributed by atoms with E-state index >= 15 is 0 Å². The topological polar surface area (TPSA) is 47.6 Å². The molecule has 0 spiro atoms. The highest BCUT2D eigenvalue weighted by molar-refractivity contribution is 5.94. The molecule has 2 aromatic rings. The minimum Gasteiger partial charge on any atom is -0.454 e. The zero-order chi connectivity index (χ0) is 17.2. The highest BCUT2D eigenvalue weighted by atomic mass is 19.4. The first-order chi connectivity index (χ1) is 11.4. The Morgan fingerprint density at radius 1 is 1.04 bits per heavy atom. The molecule has 1 N–H and O–H groups in total. The molecular weight excluding hydrogens is 323 g/mol. The fraction of sp³-hybridized carbons (Fsp3) is 0.235. The summed E-state index contributed by atoms with van der Waals surface area (Å²) in [5, 5.41) is 2.68. The number of nitrogens with one attached hydrogen (secondary N) is 1. The van der Waals surface area contributed by atoms with Crippen LogP contribution in [0.2, 0.25) is 0 Å². The molecule has 24 heavy (non-hydrogen) atoms. The van der Waals surface area contributed by atoms with E-state index in [4.69, 9.17) is 9.47 Å². The molecule has 0 unspecified atom stereocenters. The fourth-order valence-electron chi connectivity index (χ4n) is 2.33. The van der Waals surface area contributed by atoms with Gasteiger partial charge in [-0.15, -0.1) is 0 Å². The Labute approximate surface area is 136 Å². The fourth-order valence-corrected chi connectivity index (χ4v) is 2.33. The maximum Gasteiger partial charge on any atom is 0.416 e. The number of carbonyl (C=O) groups is 1. The van der Waals surface area contributed by atoms with Gasteiger partial charge in [-0.2, -0.15) is 13.2 Å². The van der Waals surface area contributed by atoms with Crippen LogP contribution in [-0.4, -0.2) is 19.2 Å². The molecule has 0 saturated carbocycles. The monoisotopic (exact) mass is 337 g/mol. The van der Waals surface area contributed by atoms with E-state index in [0.717, 1.165) is 17.7 Å². The Morgan fingerprint density at radius 3 is 2.46 bits per heavy atom. The number of fused-ring (bicyclic) bond motifs is 1. The molecule has 0 saturated heterocycles. The van der Waals surface area contributed by atoms with Crippen molar-refractivity contribution < 1.29 is 27.4 Å². The van der Waals surface area contributed by atoms with E-state index in [1.165, 1.54) is 12.1 Å². The van der Waals surface area contributed by atoms with E-state index in [-0.39, 0.29) is 12.4 Å². The van der Waals surface area contributed by atoms with Crippen molar-refractivity contribution in [3.8, 4) is 11.5 Å². The van der Waals surface area contributed by atoms with Crippen LogP contribution in [0.15, 0.2) is 42.5 Å². The number of ether oxygens (including phenoxy) is 2. The summed E-state index contributed by atoms with van der Waals surface area (Å²) >= 11 is 0. The molecule has 0 aromatic heterocycles. The number of amides is 1. The van der Waals surface area contributed by atoms with Crippen LogP contribution in [0, 0.1) is 0 Å². The summed E-state index contributed by atoms with van der Waals surface area (Å²) in [5.41, 5.74) is 0.375. The second-order valence-electron chi connectivity index (χ2n) is 5.27. The Hall–Kier alpha value is -2.70. The largest absolute Gasteiger partial charge is 0.454 e. The predicted octanol–water partition coefficient (Wildman–Crippen LogP) is 3.41. The van der Waals surface area contributed by atoms with Gasteiger partial charge in [-0.05, 0) is 48.4 Å². The van der Waals surface area contributed by atoms with Gasteiger partial charge >= 0.3 is 6.18 Å². The lowest BCUT2D eigenvalue weighted by Gasteiger charge is -2.08. The van der Waals surface area contributed by atoms with E-state index in [2.05, 4.69) is 5.32 Å². The summed E-state index contributed by atoms with van der Waals surface area (Å²) in [5.74, 6) is 0.943. The number of carbonyl (C=O) groups excluding carboxylic acids is 1. The maximum atomic E-state index is 12.5. The van der Waals surface area contributed by atoms with Crippen LogP contribution >= 0.6 is 0 Å². The molecule has 126 valence electrons. The van der Waals surface area contributed by atoms with Gasteiger partial charge in [-0.3, -0.25) is 4.79 Å². The highest BCUT2D eigenvalue weighted by Gasteiger charge is 2.30. The number of hydrogen-bond donors (Lipinski definition) is 1. The smallest absolute Gasteiger partial charge is 0.416 e. The van der Waals surface area contributed by atoms with E-state index < -0.39 is 17.6 Å². The first-order valence-corrected chi connectivity index (χ1v) is 7.27. The van der Waals surface area contributed by atoms with Gasteiger partial charge in [-0.25, -0.2) is 0 Å². The molecule has 7 heteroatoms. The average Bonchev–Trinajstić information content (AvgIpc) is 3.02. The van der Waals surface area contributed by atoms with Gasteiger partial charge in [0, 0.05) is 12.1 Å². The van der Waals surface area contributed by atoms with Gasteiger partial charge in [0.1, 0.15) is 0 Å². The van der Waals surface area contributed by atoms with Crippen LogP contribution in [0.3, 0.4) is 0 Å². The van der Waals surface area contributed by atoms with Crippen LogP contribution < -0.4 is 14.8 Å². The second kappa shape index (κ2) is 6.43. The maximum absolute atomic E-state index is 12.5. The summed E-state index contributed by atoms with van der Waals surface area (Å²) in [6.45, 7) is 0.558. The number of halogens is 3. The average molecular weight is 337 g/mol. The van der Waals surface area contributed by atoms with E-state index in [0.29, 0.717) is 24.5 Å². The van der Waals surface area contributed by atoms with Crippen molar-refractivity contribution in [1.82, 2.24) is 5.32 Å². The third-order valence-electron chi connectivity index (χ3n) is 3.61. The van der Waals surface area contributed by atoms with Crippen LogP contribution in [0.5, 0.6) is 11.5 Å². The zero-order valence-corrected chi connectivity index (χ0v) is 12.5. The lowest BCUT2D eigenvalue weighted by Crippen LogP contribution is -2.25. The molecule has 1 aliphatic heterocycles. The predicted molar refractivity (Wildman–Crippen MR) is 80.0 cm³/mol. The minimum atomic E-state index is -4.41. The number of hydrogen-bond acceptors (Lipinski definition) is 3. The SMILES string of the molecule is O=C(NCCc1ccc2c(c1)OCO2)c1ccc(C(F)(F)F)cc1. The minimum absolute atomic E-state index is 0.189. The van der Waals surface area contributed by atoms with E-state index in [1.807, 2.05) is 12.1 Å². The number of rotatable bonds is 4. The summed E-state index contributed by atoms with van der Waals surface area (Å²) < 4.78 is 47.9.